The quantitative estimate of drug-likeness (QED) is 0.563. The normalized spacial score (nSPS) is 12.2. The number of rotatable bonds is 7. The van der Waals surface area contributed by atoms with E-state index < -0.39 is 24.7 Å². The lowest BCUT2D eigenvalue weighted by Gasteiger charge is -2.13. The lowest BCUT2D eigenvalue weighted by molar-refractivity contribution is -0.140. The van der Waals surface area contributed by atoms with Crippen molar-refractivity contribution in [2.75, 3.05) is 6.54 Å². The minimum Gasteiger partial charge on any atom is -0.480 e. The fourth-order valence-corrected chi connectivity index (χ4v) is 1.01. The Morgan fingerprint density at radius 1 is 1.38 bits per heavy atom. The Hall–Kier alpha value is -1.44. The molecule has 0 radical (unpaired) electrons. The fraction of sp³-hybridized carbons (Fsp3) is 0.750. The second-order valence-corrected chi connectivity index (χ2v) is 2.99. The van der Waals surface area contributed by atoms with Crippen molar-refractivity contribution in [2.45, 2.75) is 31.9 Å². The molecular formula is C8H14F2N2O4. The van der Waals surface area contributed by atoms with Crippen LogP contribution < -0.4 is 11.1 Å². The molecule has 94 valence electrons. The molecule has 0 aromatic heterocycles. The lowest BCUT2D eigenvalue weighted by Crippen LogP contribution is -2.41. The van der Waals surface area contributed by atoms with Crippen molar-refractivity contribution in [3.05, 3.63) is 0 Å². The number of ether oxygens (including phenoxy) is 1. The van der Waals surface area contributed by atoms with E-state index in [9.17, 15) is 18.4 Å². The van der Waals surface area contributed by atoms with Gasteiger partial charge < -0.3 is 20.9 Å². The number of carbonyl (C=O) groups excluding carboxylic acids is 1. The van der Waals surface area contributed by atoms with Gasteiger partial charge in [0, 0.05) is 0 Å². The van der Waals surface area contributed by atoms with Crippen LogP contribution in [0.3, 0.4) is 0 Å². The van der Waals surface area contributed by atoms with Gasteiger partial charge in [-0.05, 0) is 25.8 Å². The number of nitrogens with one attached hydrogen (secondary N) is 1. The number of carboxylic acids is 1. The molecule has 0 aromatic carbocycles. The highest BCUT2D eigenvalue weighted by molar-refractivity contribution is 5.79. The summed E-state index contributed by atoms with van der Waals surface area (Å²) in [4.78, 5) is 21.3. The number of alkyl halides is 2. The molecule has 1 atom stereocenters. The monoisotopic (exact) mass is 240 g/mol. The Bertz CT molecular complexity index is 238. The number of amides is 1. The summed E-state index contributed by atoms with van der Waals surface area (Å²) < 4.78 is 26.7. The summed E-state index contributed by atoms with van der Waals surface area (Å²) in [6.07, 6.45) is -0.266. The van der Waals surface area contributed by atoms with Gasteiger partial charge in [-0.15, -0.1) is 0 Å². The van der Waals surface area contributed by atoms with E-state index in [-0.39, 0.29) is 6.42 Å². The molecule has 0 unspecified atom stereocenters. The SMILES string of the molecule is NCCCC[C@H](NC(=O)OC(F)F)C(=O)O. The number of unbranched alkanes of at least 4 members (excludes halogenated alkanes) is 1. The van der Waals surface area contributed by atoms with E-state index in [1.165, 1.54) is 0 Å². The zero-order valence-electron chi connectivity index (χ0n) is 8.49. The van der Waals surface area contributed by atoms with Crippen molar-refractivity contribution in [1.82, 2.24) is 5.32 Å². The highest BCUT2D eigenvalue weighted by Gasteiger charge is 2.21. The summed E-state index contributed by atoms with van der Waals surface area (Å²) in [5.41, 5.74) is 5.20. The van der Waals surface area contributed by atoms with Crippen LogP contribution in [-0.4, -0.2) is 36.4 Å². The van der Waals surface area contributed by atoms with Crippen LogP contribution >= 0.6 is 0 Å². The molecule has 0 bridgehead atoms. The fourth-order valence-electron chi connectivity index (χ4n) is 1.01. The summed E-state index contributed by atoms with van der Waals surface area (Å²) >= 11 is 0. The zero-order valence-corrected chi connectivity index (χ0v) is 8.49. The van der Waals surface area contributed by atoms with Crippen LogP contribution in [0.4, 0.5) is 13.6 Å². The molecule has 6 nitrogen and oxygen atoms in total. The standard InChI is InChI=1S/C8H14F2N2O4/c9-7(10)16-8(15)12-5(6(13)14)3-1-2-4-11/h5,7H,1-4,11H2,(H,12,15)(H,13,14)/t5-/m0/s1. The third-order valence-corrected chi connectivity index (χ3v) is 1.73. The highest BCUT2D eigenvalue weighted by Crippen LogP contribution is 2.02. The topological polar surface area (TPSA) is 102 Å². The summed E-state index contributed by atoms with van der Waals surface area (Å²) in [6.45, 7) is -2.87. The van der Waals surface area contributed by atoms with Gasteiger partial charge in [-0.25, -0.2) is 9.59 Å². The maximum atomic E-state index is 11.6. The first kappa shape index (κ1) is 14.6. The molecule has 0 aliphatic rings. The number of carbonyl (C=O) groups is 2. The number of nitrogens with two attached hydrogens (primary N) is 1. The Morgan fingerprint density at radius 2 is 2.00 bits per heavy atom. The van der Waals surface area contributed by atoms with E-state index in [0.29, 0.717) is 19.4 Å². The van der Waals surface area contributed by atoms with Gasteiger partial charge in [0.05, 0.1) is 0 Å². The first-order valence-corrected chi connectivity index (χ1v) is 4.65. The Morgan fingerprint density at radius 3 is 2.44 bits per heavy atom. The molecule has 0 aliphatic carbocycles. The predicted octanol–water partition coefficient (Wildman–Crippen LogP) is 0.517. The zero-order chi connectivity index (χ0) is 12.6. The Kier molecular flexibility index (Phi) is 7.10. The summed E-state index contributed by atoms with van der Waals surface area (Å²) in [6, 6.07) is -1.24. The van der Waals surface area contributed by atoms with Gasteiger partial charge in [0.25, 0.3) is 0 Å². The molecular weight excluding hydrogens is 226 g/mol. The maximum absolute atomic E-state index is 11.6. The van der Waals surface area contributed by atoms with E-state index in [1.54, 1.807) is 0 Å². The van der Waals surface area contributed by atoms with E-state index in [0.717, 1.165) is 0 Å². The first-order chi connectivity index (χ1) is 7.47. The van der Waals surface area contributed by atoms with Crippen molar-refractivity contribution in [2.24, 2.45) is 5.73 Å². The van der Waals surface area contributed by atoms with Crippen molar-refractivity contribution in [3.8, 4) is 0 Å². The number of alkyl carbamates (subject to hydrolysis) is 1. The minimum absolute atomic E-state index is 0.116. The van der Waals surface area contributed by atoms with E-state index >= 15 is 0 Å². The van der Waals surface area contributed by atoms with Crippen LogP contribution in [-0.2, 0) is 9.53 Å². The Balaban J connectivity index is 4.02. The van der Waals surface area contributed by atoms with Gasteiger partial charge in [-0.2, -0.15) is 8.78 Å². The van der Waals surface area contributed by atoms with Gasteiger partial charge in [0.2, 0.25) is 0 Å². The average molecular weight is 240 g/mol. The second kappa shape index (κ2) is 7.80. The largest absolute Gasteiger partial charge is 0.480 e. The molecule has 0 aliphatic heterocycles. The Labute approximate surface area is 90.7 Å². The molecule has 8 heteroatoms. The van der Waals surface area contributed by atoms with Crippen LogP contribution in [0.15, 0.2) is 0 Å². The number of carboxylic acid groups (broad SMARTS) is 1. The molecule has 0 saturated heterocycles. The molecule has 0 rings (SSSR count). The van der Waals surface area contributed by atoms with Gasteiger partial charge in [0.15, 0.2) is 0 Å². The maximum Gasteiger partial charge on any atom is 0.412 e. The molecule has 0 spiro atoms. The molecule has 0 saturated carbocycles. The van der Waals surface area contributed by atoms with Gasteiger partial charge in [-0.1, -0.05) is 0 Å². The van der Waals surface area contributed by atoms with E-state index in [1.807, 2.05) is 5.32 Å². The van der Waals surface area contributed by atoms with Crippen LogP contribution in [0.2, 0.25) is 0 Å². The summed E-state index contributed by atoms with van der Waals surface area (Å²) in [5.74, 6) is -1.30. The van der Waals surface area contributed by atoms with Crippen LogP contribution in [0.1, 0.15) is 19.3 Å². The molecule has 0 heterocycles. The third-order valence-electron chi connectivity index (χ3n) is 1.73. The number of halogens is 2. The van der Waals surface area contributed by atoms with Crippen molar-refractivity contribution < 1.29 is 28.2 Å². The number of hydrogen-bond acceptors (Lipinski definition) is 4. The van der Waals surface area contributed by atoms with Crippen molar-refractivity contribution in [1.29, 1.82) is 0 Å². The molecule has 4 N–H and O–H groups in total. The van der Waals surface area contributed by atoms with Gasteiger partial charge in [-0.3, -0.25) is 0 Å². The molecule has 0 fully saturated rings. The first-order valence-electron chi connectivity index (χ1n) is 4.65. The van der Waals surface area contributed by atoms with Gasteiger partial charge in [0.1, 0.15) is 6.04 Å². The van der Waals surface area contributed by atoms with Crippen molar-refractivity contribution in [3.63, 3.8) is 0 Å². The third kappa shape index (κ3) is 6.93. The van der Waals surface area contributed by atoms with Crippen molar-refractivity contribution >= 4 is 12.1 Å². The molecule has 16 heavy (non-hydrogen) atoms. The smallest absolute Gasteiger partial charge is 0.412 e. The van der Waals surface area contributed by atoms with E-state index in [4.69, 9.17) is 10.8 Å². The molecule has 1 amide bonds. The van der Waals surface area contributed by atoms with Crippen LogP contribution in [0.5, 0.6) is 0 Å². The van der Waals surface area contributed by atoms with E-state index in [2.05, 4.69) is 4.74 Å². The lowest BCUT2D eigenvalue weighted by atomic mass is 10.1. The molecule has 0 aromatic rings. The minimum atomic E-state index is -3.27. The number of aliphatic carboxylic acids is 1. The second-order valence-electron chi connectivity index (χ2n) is 2.99. The van der Waals surface area contributed by atoms with Crippen LogP contribution in [0.25, 0.3) is 0 Å². The number of hydrogen-bond donors (Lipinski definition) is 3. The predicted molar refractivity (Wildman–Crippen MR) is 49.9 cm³/mol. The highest BCUT2D eigenvalue weighted by atomic mass is 19.3. The van der Waals surface area contributed by atoms with Crippen LogP contribution in [0, 0.1) is 0 Å². The van der Waals surface area contributed by atoms with Gasteiger partial charge >= 0.3 is 18.7 Å². The summed E-state index contributed by atoms with van der Waals surface area (Å²) in [5, 5.41) is 10.5. The summed E-state index contributed by atoms with van der Waals surface area (Å²) in [7, 11) is 0. The average Bonchev–Trinajstić information content (AvgIpc) is 2.15.